The third-order valence-electron chi connectivity index (χ3n) is 2.94. The van der Waals surface area contributed by atoms with E-state index in [-0.39, 0.29) is 11.5 Å². The summed E-state index contributed by atoms with van der Waals surface area (Å²) in [5, 5.41) is 12.6. The molecule has 1 aliphatic rings. The van der Waals surface area contributed by atoms with Crippen LogP contribution in [0.1, 0.15) is 24.3 Å². The van der Waals surface area contributed by atoms with Gasteiger partial charge in [-0.2, -0.15) is 4.39 Å². The predicted molar refractivity (Wildman–Crippen MR) is 52.8 cm³/mol. The highest BCUT2D eigenvalue weighted by Gasteiger charge is 2.24. The quantitative estimate of drug-likeness (QED) is 0.727. The van der Waals surface area contributed by atoms with Gasteiger partial charge in [0.25, 0.3) is 0 Å². The maximum atomic E-state index is 13.1. The van der Waals surface area contributed by atoms with E-state index >= 15 is 0 Å². The molecular formula is C11H12F3NO. The van der Waals surface area contributed by atoms with E-state index in [1.54, 1.807) is 0 Å². The van der Waals surface area contributed by atoms with E-state index in [9.17, 15) is 18.3 Å². The van der Waals surface area contributed by atoms with Crippen LogP contribution in [0.2, 0.25) is 0 Å². The Hall–Kier alpha value is -1.23. The predicted octanol–water partition coefficient (Wildman–Crippen LogP) is 2.28. The van der Waals surface area contributed by atoms with Gasteiger partial charge in [0.15, 0.2) is 17.4 Å². The summed E-state index contributed by atoms with van der Waals surface area (Å²) in [4.78, 5) is 0. The molecule has 0 radical (unpaired) electrons. The molecule has 0 aromatic heterocycles. The number of hydrogen-bond acceptors (Lipinski definition) is 2. The molecule has 1 aromatic carbocycles. The molecule has 2 N–H and O–H groups in total. The van der Waals surface area contributed by atoms with Crippen molar-refractivity contribution in [1.29, 1.82) is 0 Å². The number of hydrogen-bond donors (Lipinski definition) is 2. The van der Waals surface area contributed by atoms with E-state index in [0.717, 1.165) is 19.2 Å². The molecule has 1 aliphatic heterocycles. The number of aromatic hydroxyl groups is 1. The number of benzene rings is 1. The number of rotatable bonds is 1. The monoisotopic (exact) mass is 231 g/mol. The Morgan fingerprint density at radius 1 is 1.12 bits per heavy atom. The molecule has 88 valence electrons. The van der Waals surface area contributed by atoms with Gasteiger partial charge in [0.1, 0.15) is 0 Å². The molecule has 0 spiro atoms. The zero-order chi connectivity index (χ0) is 11.7. The zero-order valence-corrected chi connectivity index (χ0v) is 8.56. The standard InChI is InChI=1S/C11H12F3NO/c12-8-5-7(6-1-3-15-4-2-6)11(16)10(14)9(8)13/h5-6,15-16H,1-4H2. The van der Waals surface area contributed by atoms with Crippen LogP contribution in [0.4, 0.5) is 13.2 Å². The molecule has 2 nitrogen and oxygen atoms in total. The van der Waals surface area contributed by atoms with Crippen LogP contribution in [0, 0.1) is 17.5 Å². The lowest BCUT2D eigenvalue weighted by Crippen LogP contribution is -2.26. The number of phenols is 1. The van der Waals surface area contributed by atoms with Crippen molar-refractivity contribution in [1.82, 2.24) is 5.32 Å². The molecule has 0 atom stereocenters. The minimum atomic E-state index is -1.62. The first-order valence-corrected chi connectivity index (χ1v) is 5.18. The second-order valence-corrected chi connectivity index (χ2v) is 3.95. The van der Waals surface area contributed by atoms with E-state index in [1.165, 1.54) is 0 Å². The van der Waals surface area contributed by atoms with Crippen molar-refractivity contribution in [3.8, 4) is 5.75 Å². The highest BCUT2D eigenvalue weighted by atomic mass is 19.2. The second-order valence-electron chi connectivity index (χ2n) is 3.95. The smallest absolute Gasteiger partial charge is 0.203 e. The maximum absolute atomic E-state index is 13.1. The third-order valence-corrected chi connectivity index (χ3v) is 2.94. The van der Waals surface area contributed by atoms with Gasteiger partial charge in [-0.15, -0.1) is 0 Å². The summed E-state index contributed by atoms with van der Waals surface area (Å²) < 4.78 is 39.0. The summed E-state index contributed by atoms with van der Waals surface area (Å²) in [7, 11) is 0. The Morgan fingerprint density at radius 2 is 1.75 bits per heavy atom. The van der Waals surface area contributed by atoms with Crippen molar-refractivity contribution in [2.75, 3.05) is 13.1 Å². The van der Waals surface area contributed by atoms with Crippen LogP contribution in [-0.4, -0.2) is 18.2 Å². The maximum Gasteiger partial charge on any atom is 0.203 e. The van der Waals surface area contributed by atoms with Gasteiger partial charge in [0.2, 0.25) is 5.82 Å². The van der Waals surface area contributed by atoms with Crippen LogP contribution < -0.4 is 5.32 Å². The van der Waals surface area contributed by atoms with Crippen molar-refractivity contribution in [3.63, 3.8) is 0 Å². The third kappa shape index (κ3) is 1.87. The van der Waals surface area contributed by atoms with Gasteiger partial charge in [-0.05, 0) is 37.9 Å². The molecule has 0 bridgehead atoms. The highest BCUT2D eigenvalue weighted by molar-refractivity contribution is 5.38. The molecule has 1 aromatic rings. The van der Waals surface area contributed by atoms with Crippen molar-refractivity contribution < 1.29 is 18.3 Å². The molecule has 1 fully saturated rings. The first kappa shape index (κ1) is 11.3. The SMILES string of the molecule is Oc1c(C2CCNCC2)cc(F)c(F)c1F. The summed E-state index contributed by atoms with van der Waals surface area (Å²) in [6, 6.07) is 0.893. The number of halogens is 3. The van der Waals surface area contributed by atoms with Crippen LogP contribution in [0.3, 0.4) is 0 Å². The topological polar surface area (TPSA) is 32.3 Å². The molecule has 0 unspecified atom stereocenters. The van der Waals surface area contributed by atoms with Crippen molar-refractivity contribution >= 4 is 0 Å². The average Bonchev–Trinajstić information content (AvgIpc) is 2.32. The zero-order valence-electron chi connectivity index (χ0n) is 8.56. The lowest BCUT2D eigenvalue weighted by atomic mass is 9.89. The van der Waals surface area contributed by atoms with Gasteiger partial charge >= 0.3 is 0 Å². The summed E-state index contributed by atoms with van der Waals surface area (Å²) in [5.41, 5.74) is 0.165. The van der Waals surface area contributed by atoms with Crippen LogP contribution in [0.5, 0.6) is 5.75 Å². The van der Waals surface area contributed by atoms with Crippen LogP contribution >= 0.6 is 0 Å². The number of piperidine rings is 1. The Bertz CT molecular complexity index is 403. The van der Waals surface area contributed by atoms with E-state index in [2.05, 4.69) is 5.32 Å². The lowest BCUT2D eigenvalue weighted by molar-refractivity contribution is 0.367. The molecule has 0 aliphatic carbocycles. The first-order valence-electron chi connectivity index (χ1n) is 5.18. The highest BCUT2D eigenvalue weighted by Crippen LogP contribution is 2.35. The van der Waals surface area contributed by atoms with Crippen molar-refractivity contribution in [2.45, 2.75) is 18.8 Å². The van der Waals surface area contributed by atoms with Crippen LogP contribution in [0.15, 0.2) is 6.07 Å². The fourth-order valence-corrected chi connectivity index (χ4v) is 2.05. The van der Waals surface area contributed by atoms with Gasteiger partial charge < -0.3 is 10.4 Å². The first-order chi connectivity index (χ1) is 7.61. The van der Waals surface area contributed by atoms with Gasteiger partial charge in [-0.25, -0.2) is 8.78 Å². The number of nitrogens with one attached hydrogen (secondary N) is 1. The molecule has 0 amide bonds. The van der Waals surface area contributed by atoms with Crippen LogP contribution in [-0.2, 0) is 0 Å². The molecule has 1 heterocycles. The van der Waals surface area contributed by atoms with E-state index in [1.807, 2.05) is 0 Å². The van der Waals surface area contributed by atoms with E-state index in [0.29, 0.717) is 12.8 Å². The Labute approximate surface area is 91.1 Å². The second kappa shape index (κ2) is 4.33. The normalized spacial score (nSPS) is 17.7. The lowest BCUT2D eigenvalue weighted by Gasteiger charge is -2.23. The Balaban J connectivity index is 2.40. The summed E-state index contributed by atoms with van der Waals surface area (Å²) in [5.74, 6) is -5.23. The van der Waals surface area contributed by atoms with Gasteiger partial charge in [-0.3, -0.25) is 0 Å². The van der Waals surface area contributed by atoms with Gasteiger partial charge in [0.05, 0.1) is 0 Å². The largest absolute Gasteiger partial charge is 0.505 e. The van der Waals surface area contributed by atoms with Crippen molar-refractivity contribution in [3.05, 3.63) is 29.1 Å². The molecular weight excluding hydrogens is 219 g/mol. The molecule has 16 heavy (non-hydrogen) atoms. The average molecular weight is 231 g/mol. The molecule has 2 rings (SSSR count). The van der Waals surface area contributed by atoms with E-state index in [4.69, 9.17) is 0 Å². The summed E-state index contributed by atoms with van der Waals surface area (Å²) in [6.07, 6.45) is 1.36. The minimum Gasteiger partial charge on any atom is -0.505 e. The Morgan fingerprint density at radius 3 is 2.38 bits per heavy atom. The van der Waals surface area contributed by atoms with Gasteiger partial charge in [0, 0.05) is 5.56 Å². The van der Waals surface area contributed by atoms with Crippen LogP contribution in [0.25, 0.3) is 0 Å². The summed E-state index contributed by atoms with van der Waals surface area (Å²) >= 11 is 0. The van der Waals surface area contributed by atoms with E-state index < -0.39 is 23.2 Å². The Kier molecular flexibility index (Phi) is 3.05. The molecule has 5 heteroatoms. The number of phenolic OH excluding ortho intramolecular Hbond substituents is 1. The summed E-state index contributed by atoms with van der Waals surface area (Å²) in [6.45, 7) is 1.45. The molecule has 1 saturated heterocycles. The van der Waals surface area contributed by atoms with Gasteiger partial charge in [-0.1, -0.05) is 0 Å². The fourth-order valence-electron chi connectivity index (χ4n) is 2.05. The fraction of sp³-hybridized carbons (Fsp3) is 0.455. The molecule has 0 saturated carbocycles. The van der Waals surface area contributed by atoms with Crippen molar-refractivity contribution in [2.24, 2.45) is 0 Å². The minimum absolute atomic E-state index is 0.120.